The molecule has 150 valence electrons. The molecule has 0 bridgehead atoms. The number of rotatable bonds is 4. The van der Waals surface area contributed by atoms with Crippen LogP contribution in [0.1, 0.15) is 47.8 Å². The largest absolute Gasteiger partial charge is 0.368 e. The highest BCUT2D eigenvalue weighted by Crippen LogP contribution is 2.32. The lowest BCUT2D eigenvalue weighted by Crippen LogP contribution is -2.58. The van der Waals surface area contributed by atoms with E-state index in [0.29, 0.717) is 32.5 Å². The zero-order valence-electron chi connectivity index (χ0n) is 16.0. The summed E-state index contributed by atoms with van der Waals surface area (Å²) in [5.41, 5.74) is 0.475. The van der Waals surface area contributed by atoms with Gasteiger partial charge in [-0.3, -0.25) is 14.7 Å². The van der Waals surface area contributed by atoms with E-state index in [9.17, 15) is 9.59 Å². The molecule has 9 nitrogen and oxygen atoms in total. The first-order chi connectivity index (χ1) is 13.6. The van der Waals surface area contributed by atoms with Crippen molar-refractivity contribution in [2.45, 2.75) is 37.2 Å². The Hall–Kier alpha value is -2.68. The summed E-state index contributed by atoms with van der Waals surface area (Å²) in [6.45, 7) is 2.29. The second kappa shape index (κ2) is 7.75. The van der Waals surface area contributed by atoms with Gasteiger partial charge in [0.15, 0.2) is 5.69 Å². The molecule has 1 atom stereocenters. The molecule has 1 N–H and O–H groups in total. The zero-order chi connectivity index (χ0) is 19.6. The van der Waals surface area contributed by atoms with E-state index in [0.717, 1.165) is 25.1 Å². The fraction of sp³-hybridized carbons (Fsp3) is 0.579. The van der Waals surface area contributed by atoms with Crippen LogP contribution in [0.4, 0.5) is 0 Å². The van der Waals surface area contributed by atoms with Gasteiger partial charge in [-0.1, -0.05) is 5.16 Å². The van der Waals surface area contributed by atoms with E-state index in [1.807, 2.05) is 11.0 Å². The zero-order valence-corrected chi connectivity index (χ0v) is 16.0. The monoisotopic (exact) mass is 387 g/mol. The molecule has 2 aromatic rings. The Labute approximate surface area is 163 Å². The smallest absolute Gasteiger partial charge is 0.276 e. The van der Waals surface area contributed by atoms with Crippen molar-refractivity contribution in [3.63, 3.8) is 0 Å². The van der Waals surface area contributed by atoms with Crippen molar-refractivity contribution in [1.29, 1.82) is 0 Å². The van der Waals surface area contributed by atoms with Crippen LogP contribution in [0.5, 0.6) is 0 Å². The Morgan fingerprint density at radius 2 is 2.07 bits per heavy atom. The van der Waals surface area contributed by atoms with Gasteiger partial charge in [-0.15, -0.1) is 0 Å². The van der Waals surface area contributed by atoms with E-state index in [2.05, 4.69) is 15.4 Å². The van der Waals surface area contributed by atoms with Crippen molar-refractivity contribution < 1.29 is 18.8 Å². The highest BCUT2D eigenvalue weighted by molar-refractivity contribution is 5.92. The summed E-state index contributed by atoms with van der Waals surface area (Å²) < 4.78 is 10.5. The van der Waals surface area contributed by atoms with Gasteiger partial charge >= 0.3 is 0 Å². The standard InChI is InChI=1S/C19H25N5O4/c1-27-19(6-10-23(11-7-19)17(25)16-5-12-28-22-16)18(26)24-9-2-3-14(13-24)15-4-8-20-21-15/h4-5,8,12,14H,2-3,6-7,9-11,13H2,1H3,(H,20,21). The molecule has 2 aliphatic rings. The van der Waals surface area contributed by atoms with E-state index in [1.54, 1.807) is 24.3 Å². The number of piperidine rings is 2. The molecule has 4 heterocycles. The summed E-state index contributed by atoms with van der Waals surface area (Å²) in [5, 5.41) is 10.8. The maximum atomic E-state index is 13.4. The van der Waals surface area contributed by atoms with Gasteiger partial charge in [-0.05, 0) is 18.9 Å². The summed E-state index contributed by atoms with van der Waals surface area (Å²) in [4.78, 5) is 29.4. The third kappa shape index (κ3) is 3.42. The first-order valence-electron chi connectivity index (χ1n) is 9.66. The van der Waals surface area contributed by atoms with E-state index < -0.39 is 5.60 Å². The molecule has 0 aromatic carbocycles. The molecular formula is C19H25N5O4. The van der Waals surface area contributed by atoms with Crippen molar-refractivity contribution in [3.05, 3.63) is 36.0 Å². The molecule has 2 amide bonds. The molecule has 0 saturated carbocycles. The molecule has 2 aromatic heterocycles. The molecule has 9 heteroatoms. The summed E-state index contributed by atoms with van der Waals surface area (Å²) in [7, 11) is 1.59. The number of hydrogen-bond acceptors (Lipinski definition) is 6. The lowest BCUT2D eigenvalue weighted by Gasteiger charge is -2.43. The molecule has 4 rings (SSSR count). The van der Waals surface area contributed by atoms with Crippen molar-refractivity contribution in [3.8, 4) is 0 Å². The van der Waals surface area contributed by atoms with Crippen LogP contribution in [0.15, 0.2) is 29.1 Å². The Morgan fingerprint density at radius 1 is 1.25 bits per heavy atom. The van der Waals surface area contributed by atoms with Gasteiger partial charge in [0.25, 0.3) is 11.8 Å². The van der Waals surface area contributed by atoms with E-state index >= 15 is 0 Å². The van der Waals surface area contributed by atoms with Gasteiger partial charge in [0.1, 0.15) is 11.9 Å². The van der Waals surface area contributed by atoms with Crippen LogP contribution in [-0.4, -0.2) is 75.9 Å². The first-order valence-corrected chi connectivity index (χ1v) is 9.66. The fourth-order valence-electron chi connectivity index (χ4n) is 4.26. The van der Waals surface area contributed by atoms with E-state index in [4.69, 9.17) is 9.26 Å². The Bertz CT molecular complexity index is 796. The van der Waals surface area contributed by atoms with Gasteiger partial charge < -0.3 is 19.1 Å². The predicted molar refractivity (Wildman–Crippen MR) is 98.5 cm³/mol. The Morgan fingerprint density at radius 3 is 2.71 bits per heavy atom. The number of carbonyl (C=O) groups excluding carboxylic acids is 2. The third-order valence-electron chi connectivity index (χ3n) is 5.97. The summed E-state index contributed by atoms with van der Waals surface area (Å²) >= 11 is 0. The second-order valence-electron chi connectivity index (χ2n) is 7.48. The lowest BCUT2D eigenvalue weighted by molar-refractivity contribution is -0.161. The molecule has 2 aliphatic heterocycles. The molecular weight excluding hydrogens is 362 g/mol. The van der Waals surface area contributed by atoms with Crippen LogP contribution in [0.2, 0.25) is 0 Å². The van der Waals surface area contributed by atoms with Gasteiger partial charge in [0.05, 0.1) is 0 Å². The first kappa shape index (κ1) is 18.7. The SMILES string of the molecule is COC1(C(=O)N2CCCC(c3ccn[nH]3)C2)CCN(C(=O)c2ccon2)CC1. The quantitative estimate of drug-likeness (QED) is 0.851. The normalized spacial score (nSPS) is 22.2. The molecule has 1 unspecified atom stereocenters. The van der Waals surface area contributed by atoms with Crippen LogP contribution in [0.25, 0.3) is 0 Å². The lowest BCUT2D eigenvalue weighted by atomic mass is 9.87. The van der Waals surface area contributed by atoms with Crippen LogP contribution >= 0.6 is 0 Å². The number of hydrogen-bond donors (Lipinski definition) is 1. The molecule has 0 spiro atoms. The highest BCUT2D eigenvalue weighted by atomic mass is 16.5. The van der Waals surface area contributed by atoms with Crippen LogP contribution < -0.4 is 0 Å². The summed E-state index contributed by atoms with van der Waals surface area (Å²) in [6.07, 6.45) is 6.05. The minimum atomic E-state index is -0.878. The minimum Gasteiger partial charge on any atom is -0.368 e. The Balaban J connectivity index is 1.42. The number of nitrogens with zero attached hydrogens (tertiary/aromatic N) is 4. The predicted octanol–water partition coefficient (Wildman–Crippen LogP) is 1.43. The van der Waals surface area contributed by atoms with E-state index in [1.165, 1.54) is 6.26 Å². The van der Waals surface area contributed by atoms with E-state index in [-0.39, 0.29) is 23.4 Å². The average Bonchev–Trinajstić information content (AvgIpc) is 3.47. The molecule has 2 saturated heterocycles. The van der Waals surface area contributed by atoms with Crippen molar-refractivity contribution in [2.24, 2.45) is 0 Å². The van der Waals surface area contributed by atoms with Crippen molar-refractivity contribution in [1.82, 2.24) is 25.2 Å². The summed E-state index contributed by atoms with van der Waals surface area (Å²) in [5.74, 6) is 0.110. The molecule has 0 aliphatic carbocycles. The molecule has 2 fully saturated rings. The third-order valence-corrected chi connectivity index (χ3v) is 5.97. The summed E-state index contributed by atoms with van der Waals surface area (Å²) in [6, 6.07) is 3.52. The number of amides is 2. The minimum absolute atomic E-state index is 0.0211. The number of methoxy groups -OCH3 is 1. The maximum Gasteiger partial charge on any atom is 0.276 e. The number of nitrogens with one attached hydrogen (secondary N) is 1. The molecule has 28 heavy (non-hydrogen) atoms. The van der Waals surface area contributed by atoms with Crippen LogP contribution in [-0.2, 0) is 9.53 Å². The van der Waals surface area contributed by atoms with Gasteiger partial charge in [0, 0.05) is 70.0 Å². The fourth-order valence-corrected chi connectivity index (χ4v) is 4.26. The average molecular weight is 387 g/mol. The number of aromatic nitrogens is 3. The Kier molecular flexibility index (Phi) is 5.17. The topological polar surface area (TPSA) is 105 Å². The highest BCUT2D eigenvalue weighted by Gasteiger charge is 2.46. The van der Waals surface area contributed by atoms with Gasteiger partial charge in [-0.25, -0.2) is 0 Å². The maximum absolute atomic E-state index is 13.4. The molecule has 0 radical (unpaired) electrons. The number of H-pyrrole nitrogens is 1. The van der Waals surface area contributed by atoms with Crippen LogP contribution in [0.3, 0.4) is 0 Å². The van der Waals surface area contributed by atoms with Gasteiger partial charge in [-0.2, -0.15) is 5.10 Å². The number of likely N-dealkylation sites (tertiary alicyclic amines) is 2. The second-order valence-corrected chi connectivity index (χ2v) is 7.48. The number of ether oxygens (including phenoxy) is 1. The van der Waals surface area contributed by atoms with Crippen LogP contribution in [0, 0.1) is 0 Å². The number of aromatic amines is 1. The van der Waals surface area contributed by atoms with Crippen molar-refractivity contribution in [2.75, 3.05) is 33.3 Å². The van der Waals surface area contributed by atoms with Crippen molar-refractivity contribution >= 4 is 11.8 Å². The van der Waals surface area contributed by atoms with Gasteiger partial charge in [0.2, 0.25) is 0 Å². The number of carbonyl (C=O) groups is 2.